The summed E-state index contributed by atoms with van der Waals surface area (Å²) in [4.78, 5) is 61.8. The van der Waals surface area contributed by atoms with Crippen LogP contribution in [0.5, 0.6) is 0 Å². The summed E-state index contributed by atoms with van der Waals surface area (Å²) in [5.41, 5.74) is 4.57. The fourth-order valence-electron chi connectivity index (χ4n) is 6.70. The first-order valence-corrected chi connectivity index (χ1v) is 27.7. The molecule has 71 heavy (non-hydrogen) atoms. The summed E-state index contributed by atoms with van der Waals surface area (Å²) in [7, 11) is -10.9. The maximum absolute atomic E-state index is 12.8. The van der Waals surface area contributed by atoms with Crippen molar-refractivity contribution in [2.24, 2.45) is 0 Å². The van der Waals surface area contributed by atoms with E-state index in [-0.39, 0.29) is 18.7 Å². The minimum absolute atomic E-state index is 0.0663. The third-order valence-electron chi connectivity index (χ3n) is 10.5. The topological polar surface area (TPSA) is 286 Å². The van der Waals surface area contributed by atoms with E-state index in [2.05, 4.69) is 65.7 Å². The number of allylic oxidation sites excluding steroid dienone is 12. The van der Waals surface area contributed by atoms with E-state index in [1.54, 1.807) is 12.2 Å². The average molecular weight is 1040 g/mol. The van der Waals surface area contributed by atoms with E-state index in [1.807, 2.05) is 30.4 Å². The molecule has 0 spiro atoms. The molecule has 21 heteroatoms. The van der Waals surface area contributed by atoms with Gasteiger partial charge < -0.3 is 45.1 Å². The summed E-state index contributed by atoms with van der Waals surface area (Å²) in [6.07, 6.45) is 35.6. The lowest BCUT2D eigenvalue weighted by Gasteiger charge is -2.21. The first kappa shape index (κ1) is 63.0. The van der Waals surface area contributed by atoms with Crippen LogP contribution in [0.1, 0.15) is 142 Å². The number of hydrogen-bond acceptors (Lipinski definition) is 16. The Morgan fingerprint density at radius 3 is 2.07 bits per heavy atom. The molecule has 2 heterocycles. The predicted molar refractivity (Wildman–Crippen MR) is 271 cm³/mol. The Labute approximate surface area is 419 Å². The van der Waals surface area contributed by atoms with E-state index in [4.69, 9.17) is 29.0 Å². The van der Waals surface area contributed by atoms with Crippen molar-refractivity contribution in [3.05, 3.63) is 108 Å². The normalized spacial score (nSPS) is 20.3. The number of hydrogen-bond donors (Lipinski definition) is 6. The van der Waals surface area contributed by atoms with Crippen molar-refractivity contribution < 1.29 is 71.4 Å². The fraction of sp³-hybridized carbons (Fsp3) is 0.600. The lowest BCUT2D eigenvalue weighted by Crippen LogP contribution is -2.36. The first-order chi connectivity index (χ1) is 34.1. The molecule has 400 valence electrons. The van der Waals surface area contributed by atoms with Gasteiger partial charge in [0.15, 0.2) is 12.3 Å². The summed E-state index contributed by atoms with van der Waals surface area (Å²) in [6.45, 7) is 1.85. The number of aliphatic hydroxyl groups excluding tert-OH is 3. The van der Waals surface area contributed by atoms with Crippen LogP contribution in [-0.4, -0.2) is 96.9 Å². The van der Waals surface area contributed by atoms with Crippen LogP contribution in [-0.2, 0) is 46.3 Å². The molecule has 8 atom stereocenters. The zero-order chi connectivity index (χ0) is 52.2. The Bertz CT molecular complexity index is 2040. The van der Waals surface area contributed by atoms with Gasteiger partial charge in [-0.25, -0.2) is 13.9 Å². The van der Waals surface area contributed by atoms with E-state index in [0.29, 0.717) is 32.1 Å². The Morgan fingerprint density at radius 2 is 1.37 bits per heavy atom. The summed E-state index contributed by atoms with van der Waals surface area (Å²) < 4.78 is 56.6. The van der Waals surface area contributed by atoms with Crippen molar-refractivity contribution in [1.29, 1.82) is 0 Å². The molecule has 1 aliphatic rings. The SMILES string of the molecule is CC/C=C\C/C=C\C/C=C\CCCCCCCC(=O)OC[C@H](COP(=O)(O)OP(=O)(O)OC[C@H]1O[C@@H](n2ccc(N)nc2=O)[C@H](O)[C@@H]1O)OC(=O)CCC/C=C\C/C=C\C=C\[C@@H](O)C/C=C\CCCCC. The third kappa shape index (κ3) is 30.5. The molecule has 1 fully saturated rings. The lowest BCUT2D eigenvalue weighted by atomic mass is 10.1. The summed E-state index contributed by atoms with van der Waals surface area (Å²) >= 11 is 0. The number of nitrogens with zero attached hydrogens (tertiary/aromatic N) is 2. The minimum atomic E-state index is -5.46. The molecule has 1 aromatic heterocycles. The van der Waals surface area contributed by atoms with Gasteiger partial charge in [0.1, 0.15) is 30.7 Å². The summed E-state index contributed by atoms with van der Waals surface area (Å²) in [6, 6.07) is 1.24. The van der Waals surface area contributed by atoms with Gasteiger partial charge in [0.25, 0.3) is 0 Å². The quantitative estimate of drug-likeness (QED) is 0.0118. The summed E-state index contributed by atoms with van der Waals surface area (Å²) in [5.74, 6) is -1.44. The number of carbonyl (C=O) groups is 2. The largest absolute Gasteiger partial charge is 0.481 e. The van der Waals surface area contributed by atoms with Crippen LogP contribution in [0.25, 0.3) is 0 Å². The molecule has 2 unspecified atom stereocenters. The van der Waals surface area contributed by atoms with Gasteiger partial charge in [0, 0.05) is 19.0 Å². The van der Waals surface area contributed by atoms with E-state index in [0.717, 1.165) is 75.0 Å². The van der Waals surface area contributed by atoms with Crippen molar-refractivity contribution in [2.45, 2.75) is 173 Å². The third-order valence-corrected chi connectivity index (χ3v) is 13.1. The molecule has 19 nitrogen and oxygen atoms in total. The van der Waals surface area contributed by atoms with Gasteiger partial charge in [-0.15, -0.1) is 0 Å². The fourth-order valence-corrected chi connectivity index (χ4v) is 8.81. The van der Waals surface area contributed by atoms with Crippen LogP contribution in [0.4, 0.5) is 5.82 Å². The standard InChI is InChI=1S/C50H79N3O16P2/c1-3-5-7-9-11-12-13-14-15-16-17-18-22-26-30-34-45(55)64-38-42(67-46(56)35-31-27-23-20-19-21-25-29-33-41(54)32-28-24-10-8-6-4-2)39-65-70(60,61)69-71(62,63)66-40-43-47(57)48(58)49(68-43)53-37-36-44(51)52-50(53)59/h5,7,11-12,14-15,20-21,23-25,28-29,33,36-37,41-43,47-49,54,57-58H,3-4,6,8-10,13,16-19,22,26-27,30-32,34-35,38-40H2,1-2H3,(H,60,61)(H,62,63)(H2,51,52,59)/b7-5-,12-11-,15-14-,23-20-,25-21-,28-24-,33-29+/t41-,42+,43+,47+,48+,49+/m0/s1. The molecule has 0 saturated carbocycles. The monoisotopic (exact) mass is 1040 g/mol. The highest BCUT2D eigenvalue weighted by Gasteiger charge is 2.46. The molecule has 0 amide bonds. The Hall–Kier alpha value is -4.10. The van der Waals surface area contributed by atoms with Crippen molar-refractivity contribution >= 4 is 33.4 Å². The van der Waals surface area contributed by atoms with Crippen LogP contribution in [0, 0.1) is 0 Å². The molecule has 1 saturated heterocycles. The van der Waals surface area contributed by atoms with E-state index < -0.39 is 89.8 Å². The molecular formula is C50H79N3O16P2. The number of carbonyl (C=O) groups excluding carboxylic acids is 2. The van der Waals surface area contributed by atoms with Crippen LogP contribution in [0.15, 0.2) is 102 Å². The number of ether oxygens (including phenoxy) is 3. The maximum Gasteiger partial charge on any atom is 0.481 e. The van der Waals surface area contributed by atoms with Crippen LogP contribution >= 0.6 is 15.6 Å². The number of nitrogen functional groups attached to an aromatic ring is 1. The second-order valence-electron chi connectivity index (χ2n) is 16.8. The number of anilines is 1. The predicted octanol–water partition coefficient (Wildman–Crippen LogP) is 8.86. The van der Waals surface area contributed by atoms with Crippen LogP contribution < -0.4 is 11.4 Å². The molecule has 2 rings (SSSR count). The number of aliphatic hydroxyl groups is 3. The zero-order valence-electron chi connectivity index (χ0n) is 41.4. The molecule has 0 bridgehead atoms. The number of phosphoric acid groups is 2. The van der Waals surface area contributed by atoms with Gasteiger partial charge in [-0.1, -0.05) is 131 Å². The molecule has 0 radical (unpaired) electrons. The first-order valence-electron chi connectivity index (χ1n) is 24.7. The molecule has 0 aromatic carbocycles. The molecule has 1 aliphatic heterocycles. The second-order valence-corrected chi connectivity index (χ2v) is 19.8. The second kappa shape index (κ2) is 37.6. The number of unbranched alkanes of at least 4 members (excludes halogenated alkanes) is 9. The highest BCUT2D eigenvalue weighted by molar-refractivity contribution is 7.61. The number of esters is 2. The summed E-state index contributed by atoms with van der Waals surface area (Å²) in [5, 5.41) is 31.0. The van der Waals surface area contributed by atoms with Crippen molar-refractivity contribution in [3.8, 4) is 0 Å². The zero-order valence-corrected chi connectivity index (χ0v) is 43.1. The molecular weight excluding hydrogens is 961 g/mol. The van der Waals surface area contributed by atoms with Gasteiger partial charge >= 0.3 is 33.3 Å². The number of phosphoric ester groups is 2. The highest BCUT2D eigenvalue weighted by Crippen LogP contribution is 2.60. The average Bonchev–Trinajstić information content (AvgIpc) is 3.60. The smallest absolute Gasteiger partial charge is 0.462 e. The van der Waals surface area contributed by atoms with E-state index in [9.17, 15) is 48.6 Å². The number of aromatic nitrogens is 2. The van der Waals surface area contributed by atoms with E-state index >= 15 is 0 Å². The Kier molecular flexibility index (Phi) is 33.4. The molecule has 1 aromatic rings. The highest BCUT2D eigenvalue weighted by atomic mass is 31.3. The minimum Gasteiger partial charge on any atom is -0.462 e. The Morgan fingerprint density at radius 1 is 0.761 bits per heavy atom. The van der Waals surface area contributed by atoms with Crippen LogP contribution in [0.2, 0.25) is 0 Å². The Balaban J connectivity index is 1.87. The van der Waals surface area contributed by atoms with Gasteiger partial charge in [-0.3, -0.25) is 23.2 Å². The van der Waals surface area contributed by atoms with Gasteiger partial charge in [-0.05, 0) is 83.1 Å². The van der Waals surface area contributed by atoms with Crippen molar-refractivity contribution in [3.63, 3.8) is 0 Å². The van der Waals surface area contributed by atoms with E-state index in [1.165, 1.54) is 18.9 Å². The number of rotatable bonds is 39. The van der Waals surface area contributed by atoms with Gasteiger partial charge in [0.05, 0.1) is 19.3 Å². The lowest BCUT2D eigenvalue weighted by molar-refractivity contribution is -0.161. The van der Waals surface area contributed by atoms with Crippen LogP contribution in [0.3, 0.4) is 0 Å². The van der Waals surface area contributed by atoms with Crippen molar-refractivity contribution in [1.82, 2.24) is 9.55 Å². The van der Waals surface area contributed by atoms with Gasteiger partial charge in [-0.2, -0.15) is 9.29 Å². The molecule has 7 N–H and O–H groups in total. The number of nitrogens with two attached hydrogens (primary N) is 1. The maximum atomic E-state index is 12.8. The van der Waals surface area contributed by atoms with Gasteiger partial charge in [0.2, 0.25) is 0 Å². The molecule has 0 aliphatic carbocycles. The van der Waals surface area contributed by atoms with Crippen molar-refractivity contribution in [2.75, 3.05) is 25.6 Å².